The van der Waals surface area contributed by atoms with Crippen LogP contribution in [0.4, 0.5) is 15.8 Å². The van der Waals surface area contributed by atoms with Crippen LogP contribution in [0.25, 0.3) is 0 Å². The number of benzene rings is 2. The van der Waals surface area contributed by atoms with E-state index in [-0.39, 0.29) is 17.5 Å². The number of nitrogen functional groups attached to an aromatic ring is 1. The van der Waals surface area contributed by atoms with Gasteiger partial charge in [-0.15, -0.1) is 0 Å². The maximum Gasteiger partial charge on any atom is 0.260 e. The first-order valence-electron chi connectivity index (χ1n) is 6.54. The van der Waals surface area contributed by atoms with Crippen LogP contribution in [0.15, 0.2) is 42.5 Å². The second-order valence-corrected chi connectivity index (χ2v) is 5.09. The number of amides is 1. The molecule has 0 fully saturated rings. The molecule has 2 aromatic rings. The number of carbonyl (C=O) groups is 1. The number of halogens is 1. The molecule has 1 aliphatic heterocycles. The Balaban J connectivity index is 2.05. The predicted octanol–water partition coefficient (Wildman–Crippen LogP) is 3.00. The van der Waals surface area contributed by atoms with Crippen molar-refractivity contribution < 1.29 is 9.18 Å². The van der Waals surface area contributed by atoms with Gasteiger partial charge in [0.1, 0.15) is 5.82 Å². The van der Waals surface area contributed by atoms with Crippen LogP contribution < -0.4 is 10.6 Å². The van der Waals surface area contributed by atoms with Crippen LogP contribution in [0, 0.1) is 5.82 Å². The minimum Gasteiger partial charge on any atom is -0.398 e. The summed E-state index contributed by atoms with van der Waals surface area (Å²) >= 11 is 0. The lowest BCUT2D eigenvalue weighted by Gasteiger charge is -2.23. The fraction of sp³-hybridized carbons (Fsp3) is 0.188. The number of para-hydroxylation sites is 1. The number of anilines is 2. The third-order valence-electron chi connectivity index (χ3n) is 3.67. The van der Waals surface area contributed by atoms with E-state index in [2.05, 4.69) is 0 Å². The highest BCUT2D eigenvalue weighted by Gasteiger charge is 2.32. The highest BCUT2D eigenvalue weighted by molar-refractivity contribution is 6.10. The smallest absolute Gasteiger partial charge is 0.260 e. The van der Waals surface area contributed by atoms with Crippen molar-refractivity contribution in [3.8, 4) is 0 Å². The molecule has 1 aliphatic rings. The van der Waals surface area contributed by atoms with Crippen LogP contribution >= 0.6 is 0 Å². The first kappa shape index (κ1) is 12.7. The number of fused-ring (bicyclic) bond motifs is 1. The Kier molecular flexibility index (Phi) is 2.93. The van der Waals surface area contributed by atoms with Gasteiger partial charge in [0.15, 0.2) is 0 Å². The van der Waals surface area contributed by atoms with Gasteiger partial charge >= 0.3 is 0 Å². The van der Waals surface area contributed by atoms with Crippen LogP contribution in [-0.4, -0.2) is 11.9 Å². The van der Waals surface area contributed by atoms with Crippen molar-refractivity contribution in [2.75, 3.05) is 10.6 Å². The zero-order valence-electron chi connectivity index (χ0n) is 11.1. The highest BCUT2D eigenvalue weighted by Crippen LogP contribution is 2.33. The van der Waals surface area contributed by atoms with Crippen molar-refractivity contribution in [2.24, 2.45) is 0 Å². The second kappa shape index (κ2) is 4.63. The topological polar surface area (TPSA) is 46.3 Å². The van der Waals surface area contributed by atoms with E-state index in [9.17, 15) is 9.18 Å². The van der Waals surface area contributed by atoms with Gasteiger partial charge in [0.25, 0.3) is 5.91 Å². The van der Waals surface area contributed by atoms with E-state index in [0.717, 1.165) is 17.7 Å². The normalized spacial score (nSPS) is 17.1. The molecule has 1 heterocycles. The van der Waals surface area contributed by atoms with E-state index >= 15 is 0 Å². The zero-order chi connectivity index (χ0) is 14.3. The van der Waals surface area contributed by atoms with Crippen LogP contribution in [0.5, 0.6) is 0 Å². The largest absolute Gasteiger partial charge is 0.398 e. The lowest BCUT2D eigenvalue weighted by atomic mass is 10.1. The van der Waals surface area contributed by atoms with Gasteiger partial charge in [-0.25, -0.2) is 4.39 Å². The molecular formula is C16H15FN2O. The van der Waals surface area contributed by atoms with Crippen molar-refractivity contribution in [3.63, 3.8) is 0 Å². The second-order valence-electron chi connectivity index (χ2n) is 5.09. The lowest BCUT2D eigenvalue weighted by molar-refractivity contribution is 0.0982. The molecule has 3 nitrogen and oxygen atoms in total. The summed E-state index contributed by atoms with van der Waals surface area (Å²) in [6.45, 7) is 1.98. The summed E-state index contributed by atoms with van der Waals surface area (Å²) in [7, 11) is 0. The Labute approximate surface area is 116 Å². The highest BCUT2D eigenvalue weighted by atomic mass is 19.1. The number of carbonyl (C=O) groups excluding carboxylic acids is 1. The molecule has 0 spiro atoms. The Hall–Kier alpha value is -2.36. The minimum atomic E-state index is -0.456. The summed E-state index contributed by atoms with van der Waals surface area (Å²) in [4.78, 5) is 14.4. The fourth-order valence-electron chi connectivity index (χ4n) is 2.72. The molecule has 0 aliphatic carbocycles. The number of hydrogen-bond acceptors (Lipinski definition) is 2. The van der Waals surface area contributed by atoms with Crippen molar-refractivity contribution in [2.45, 2.75) is 19.4 Å². The molecule has 102 valence electrons. The lowest BCUT2D eigenvalue weighted by Crippen LogP contribution is -2.36. The Bertz CT molecular complexity index is 684. The summed E-state index contributed by atoms with van der Waals surface area (Å²) in [5, 5.41) is 0. The van der Waals surface area contributed by atoms with E-state index < -0.39 is 5.82 Å². The third kappa shape index (κ3) is 1.93. The number of rotatable bonds is 1. The van der Waals surface area contributed by atoms with Gasteiger partial charge in [-0.3, -0.25) is 4.79 Å². The average molecular weight is 270 g/mol. The maximum atomic E-state index is 13.4. The predicted molar refractivity (Wildman–Crippen MR) is 77.2 cm³/mol. The van der Waals surface area contributed by atoms with Gasteiger partial charge in [-0.1, -0.05) is 18.2 Å². The first-order valence-corrected chi connectivity index (χ1v) is 6.54. The third-order valence-corrected chi connectivity index (χ3v) is 3.67. The quantitative estimate of drug-likeness (QED) is 0.810. The van der Waals surface area contributed by atoms with E-state index in [0.29, 0.717) is 5.69 Å². The van der Waals surface area contributed by atoms with Gasteiger partial charge in [0, 0.05) is 17.4 Å². The van der Waals surface area contributed by atoms with Crippen LogP contribution in [-0.2, 0) is 6.42 Å². The monoisotopic (exact) mass is 270 g/mol. The molecule has 0 saturated heterocycles. The van der Waals surface area contributed by atoms with Crippen LogP contribution in [0.1, 0.15) is 22.8 Å². The molecule has 4 heteroatoms. The molecule has 2 aromatic carbocycles. The standard InChI is InChI=1S/C16H15FN2O/c1-10-8-11-4-2-3-5-15(11)19(10)16(20)13-9-12(17)6-7-14(13)18/h2-7,9-10H,8,18H2,1H3. The van der Waals surface area contributed by atoms with Crippen molar-refractivity contribution in [1.29, 1.82) is 0 Å². The Morgan fingerprint density at radius 3 is 2.85 bits per heavy atom. The molecule has 1 atom stereocenters. The van der Waals surface area contributed by atoms with Crippen LogP contribution in [0.3, 0.4) is 0 Å². The minimum absolute atomic E-state index is 0.0440. The van der Waals surface area contributed by atoms with Crippen molar-refractivity contribution in [3.05, 3.63) is 59.4 Å². The van der Waals surface area contributed by atoms with Gasteiger partial charge in [-0.05, 0) is 43.2 Å². The summed E-state index contributed by atoms with van der Waals surface area (Å²) < 4.78 is 13.4. The van der Waals surface area contributed by atoms with Gasteiger partial charge < -0.3 is 10.6 Å². The van der Waals surface area contributed by atoms with Crippen molar-refractivity contribution >= 4 is 17.3 Å². The molecule has 1 amide bonds. The van der Waals surface area contributed by atoms with E-state index in [4.69, 9.17) is 5.73 Å². The summed E-state index contributed by atoms with van der Waals surface area (Å²) in [6, 6.07) is 11.7. The van der Waals surface area contributed by atoms with Gasteiger partial charge in [-0.2, -0.15) is 0 Å². The summed E-state index contributed by atoms with van der Waals surface area (Å²) in [5.74, 6) is -0.706. The SMILES string of the molecule is CC1Cc2ccccc2N1C(=O)c1cc(F)ccc1N. The molecule has 0 radical (unpaired) electrons. The average Bonchev–Trinajstić information content (AvgIpc) is 2.76. The Morgan fingerprint density at radius 1 is 1.30 bits per heavy atom. The zero-order valence-corrected chi connectivity index (χ0v) is 11.1. The Morgan fingerprint density at radius 2 is 2.05 bits per heavy atom. The van der Waals surface area contributed by atoms with E-state index in [1.807, 2.05) is 31.2 Å². The molecule has 0 bridgehead atoms. The summed E-state index contributed by atoms with van der Waals surface area (Å²) in [6.07, 6.45) is 0.803. The van der Waals surface area contributed by atoms with Gasteiger partial charge in [0.2, 0.25) is 0 Å². The molecule has 0 saturated carbocycles. The summed E-state index contributed by atoms with van der Waals surface area (Å²) in [5.41, 5.74) is 8.34. The number of nitrogens with zero attached hydrogens (tertiary/aromatic N) is 1. The molecule has 20 heavy (non-hydrogen) atoms. The molecule has 1 unspecified atom stereocenters. The molecule has 3 rings (SSSR count). The molecule has 0 aromatic heterocycles. The van der Waals surface area contributed by atoms with Crippen LogP contribution in [0.2, 0.25) is 0 Å². The maximum absolute atomic E-state index is 13.4. The molecule has 2 N–H and O–H groups in total. The van der Waals surface area contributed by atoms with E-state index in [1.165, 1.54) is 18.2 Å². The van der Waals surface area contributed by atoms with Gasteiger partial charge in [0.05, 0.1) is 5.56 Å². The number of nitrogens with two attached hydrogens (primary N) is 1. The first-order chi connectivity index (χ1) is 9.58. The fourth-order valence-corrected chi connectivity index (χ4v) is 2.72. The van der Waals surface area contributed by atoms with Crippen molar-refractivity contribution in [1.82, 2.24) is 0 Å². The van der Waals surface area contributed by atoms with E-state index in [1.54, 1.807) is 4.90 Å². The molecular weight excluding hydrogens is 255 g/mol. The number of hydrogen-bond donors (Lipinski definition) is 1.